The number of sulfonamides is 1. The third-order valence-electron chi connectivity index (χ3n) is 4.79. The Morgan fingerprint density at radius 3 is 2.28 bits per heavy atom. The van der Waals surface area contributed by atoms with Crippen LogP contribution in [0, 0.1) is 5.82 Å². The van der Waals surface area contributed by atoms with Gasteiger partial charge in [-0.3, -0.25) is 4.79 Å². The minimum absolute atomic E-state index is 0.258. The average molecular weight is 418 g/mol. The first kappa shape index (κ1) is 21.2. The Morgan fingerprint density at radius 2 is 1.66 bits per heavy atom. The maximum atomic E-state index is 12.9. The van der Waals surface area contributed by atoms with Gasteiger partial charge < -0.3 is 10.2 Å². The Morgan fingerprint density at radius 1 is 1.03 bits per heavy atom. The summed E-state index contributed by atoms with van der Waals surface area (Å²) in [5.41, 5.74) is 1.52. The molecule has 29 heavy (non-hydrogen) atoms. The van der Waals surface area contributed by atoms with Gasteiger partial charge in [-0.15, -0.1) is 0 Å². The Hall–Kier alpha value is -2.55. The second-order valence-corrected chi connectivity index (χ2v) is 8.89. The van der Waals surface area contributed by atoms with E-state index in [0.717, 1.165) is 24.2 Å². The number of hydrogen-bond acceptors (Lipinski definition) is 4. The third-order valence-corrected chi connectivity index (χ3v) is 6.70. The fourth-order valence-electron chi connectivity index (χ4n) is 2.95. The number of rotatable bonds is 6. The molecule has 3 rings (SSSR count). The van der Waals surface area contributed by atoms with Crippen LogP contribution in [-0.2, 0) is 21.4 Å². The number of hydrogen-bond donors (Lipinski definition) is 1. The van der Waals surface area contributed by atoms with Crippen LogP contribution in [0.15, 0.2) is 59.5 Å². The topological polar surface area (TPSA) is 69.7 Å². The van der Waals surface area contributed by atoms with Gasteiger partial charge in [-0.2, -0.15) is 4.31 Å². The summed E-state index contributed by atoms with van der Waals surface area (Å²) >= 11 is 0. The molecular weight excluding hydrogens is 393 g/mol. The van der Waals surface area contributed by atoms with Crippen LogP contribution >= 0.6 is 0 Å². The second kappa shape index (κ2) is 9.30. The molecule has 8 heteroatoms. The number of carbonyl (C=O) groups is 1. The molecule has 0 aromatic heterocycles. The standard InChI is InChI=1S/C21H24FN3O3S/c1-24-12-14-25(15-13-24)29(27,28)20-9-4-18(5-10-20)16-23-21(26)11-6-17-2-7-19(22)8-3-17/h2-11H,12-16H2,1H3,(H,23,26)/b11-6+. The smallest absolute Gasteiger partial charge is 0.244 e. The van der Waals surface area contributed by atoms with E-state index in [1.165, 1.54) is 22.5 Å². The van der Waals surface area contributed by atoms with E-state index in [9.17, 15) is 17.6 Å². The van der Waals surface area contributed by atoms with Gasteiger partial charge in [0.05, 0.1) is 4.90 Å². The van der Waals surface area contributed by atoms with Gasteiger partial charge in [-0.05, 0) is 48.5 Å². The zero-order valence-corrected chi connectivity index (χ0v) is 17.0. The number of benzene rings is 2. The van der Waals surface area contributed by atoms with Gasteiger partial charge in [-0.1, -0.05) is 24.3 Å². The van der Waals surface area contributed by atoms with Gasteiger partial charge in [0.15, 0.2) is 0 Å². The molecule has 0 aliphatic carbocycles. The van der Waals surface area contributed by atoms with E-state index in [0.29, 0.717) is 13.1 Å². The lowest BCUT2D eigenvalue weighted by molar-refractivity contribution is -0.116. The van der Waals surface area contributed by atoms with Crippen molar-refractivity contribution in [1.82, 2.24) is 14.5 Å². The van der Waals surface area contributed by atoms with Crippen molar-refractivity contribution in [2.75, 3.05) is 33.2 Å². The normalized spacial score (nSPS) is 16.2. The highest BCUT2D eigenvalue weighted by Gasteiger charge is 2.27. The zero-order chi connectivity index (χ0) is 20.9. The maximum absolute atomic E-state index is 12.9. The first-order chi connectivity index (χ1) is 13.8. The lowest BCUT2D eigenvalue weighted by atomic mass is 10.2. The molecule has 0 spiro atoms. The number of halogens is 1. The van der Waals surface area contributed by atoms with E-state index in [-0.39, 0.29) is 23.2 Å². The number of piperazine rings is 1. The number of carbonyl (C=O) groups excluding carboxylic acids is 1. The van der Waals surface area contributed by atoms with Gasteiger partial charge in [-0.25, -0.2) is 12.8 Å². The SMILES string of the molecule is CN1CCN(S(=O)(=O)c2ccc(CNC(=O)/C=C/c3ccc(F)cc3)cc2)CC1. The number of nitrogens with zero attached hydrogens (tertiary/aromatic N) is 2. The minimum Gasteiger partial charge on any atom is -0.348 e. The van der Waals surface area contributed by atoms with Crippen LogP contribution in [0.4, 0.5) is 4.39 Å². The molecule has 1 aliphatic heterocycles. The Labute approximate surface area is 170 Å². The van der Waals surface area contributed by atoms with E-state index in [1.807, 2.05) is 7.05 Å². The van der Waals surface area contributed by atoms with Crippen LogP contribution in [0.3, 0.4) is 0 Å². The predicted molar refractivity (Wildman–Crippen MR) is 110 cm³/mol. The molecule has 1 amide bonds. The van der Waals surface area contributed by atoms with Crippen molar-refractivity contribution in [3.63, 3.8) is 0 Å². The summed E-state index contributed by atoms with van der Waals surface area (Å²) in [7, 11) is -1.52. The van der Waals surface area contributed by atoms with Crippen molar-refractivity contribution >= 4 is 22.0 Å². The largest absolute Gasteiger partial charge is 0.348 e. The van der Waals surface area contributed by atoms with Crippen LogP contribution in [0.5, 0.6) is 0 Å². The summed E-state index contributed by atoms with van der Waals surface area (Å²) in [4.78, 5) is 14.3. The third kappa shape index (κ3) is 5.72. The van der Waals surface area contributed by atoms with Crippen LogP contribution in [-0.4, -0.2) is 56.8 Å². The summed E-state index contributed by atoms with van der Waals surface area (Å²) in [5.74, 6) is -0.617. The minimum atomic E-state index is -3.49. The highest BCUT2D eigenvalue weighted by molar-refractivity contribution is 7.89. The van der Waals surface area contributed by atoms with Crippen molar-refractivity contribution in [2.24, 2.45) is 0 Å². The van der Waals surface area contributed by atoms with Crippen molar-refractivity contribution < 1.29 is 17.6 Å². The van der Waals surface area contributed by atoms with Crippen molar-refractivity contribution in [1.29, 1.82) is 0 Å². The van der Waals surface area contributed by atoms with E-state index in [2.05, 4.69) is 10.2 Å². The summed E-state index contributed by atoms with van der Waals surface area (Å²) < 4.78 is 39.8. The highest BCUT2D eigenvalue weighted by atomic mass is 32.2. The molecule has 1 heterocycles. The molecule has 0 atom stereocenters. The van der Waals surface area contributed by atoms with Gasteiger partial charge in [0.25, 0.3) is 0 Å². The van der Waals surface area contributed by atoms with E-state index in [1.54, 1.807) is 42.5 Å². The van der Waals surface area contributed by atoms with Gasteiger partial charge >= 0.3 is 0 Å². The molecule has 1 saturated heterocycles. The Bertz CT molecular complexity index is 965. The Balaban J connectivity index is 1.55. The first-order valence-electron chi connectivity index (χ1n) is 9.34. The monoisotopic (exact) mass is 417 g/mol. The first-order valence-corrected chi connectivity index (χ1v) is 10.8. The van der Waals surface area contributed by atoms with E-state index < -0.39 is 10.0 Å². The lowest BCUT2D eigenvalue weighted by Gasteiger charge is -2.31. The maximum Gasteiger partial charge on any atom is 0.244 e. The summed E-state index contributed by atoms with van der Waals surface area (Å²) in [6.07, 6.45) is 2.97. The molecule has 0 saturated carbocycles. The Kier molecular flexibility index (Phi) is 6.79. The molecule has 2 aromatic rings. The van der Waals surface area contributed by atoms with Gasteiger partial charge in [0.1, 0.15) is 5.82 Å². The number of likely N-dealkylation sites (N-methyl/N-ethyl adjacent to an activating group) is 1. The number of nitrogens with one attached hydrogen (secondary N) is 1. The molecular formula is C21H24FN3O3S. The molecule has 1 aliphatic rings. The summed E-state index contributed by atoms with van der Waals surface area (Å²) in [6.45, 7) is 2.68. The molecule has 0 unspecified atom stereocenters. The van der Waals surface area contributed by atoms with Crippen molar-refractivity contribution in [2.45, 2.75) is 11.4 Å². The average Bonchev–Trinajstić information content (AvgIpc) is 2.72. The fourth-order valence-corrected chi connectivity index (χ4v) is 4.37. The van der Waals surface area contributed by atoms with Crippen molar-refractivity contribution in [3.05, 3.63) is 71.6 Å². The molecule has 1 N–H and O–H groups in total. The number of amides is 1. The fraction of sp³-hybridized carbons (Fsp3) is 0.286. The summed E-state index contributed by atoms with van der Waals surface area (Å²) in [6, 6.07) is 12.4. The molecule has 0 radical (unpaired) electrons. The van der Waals surface area contributed by atoms with E-state index in [4.69, 9.17) is 0 Å². The quantitative estimate of drug-likeness (QED) is 0.731. The van der Waals surface area contributed by atoms with Gasteiger partial charge in [0.2, 0.25) is 15.9 Å². The molecule has 1 fully saturated rings. The molecule has 2 aromatic carbocycles. The van der Waals surface area contributed by atoms with Crippen molar-refractivity contribution in [3.8, 4) is 0 Å². The zero-order valence-electron chi connectivity index (χ0n) is 16.2. The molecule has 154 valence electrons. The summed E-state index contributed by atoms with van der Waals surface area (Å²) in [5, 5.41) is 2.74. The van der Waals surface area contributed by atoms with Crippen LogP contribution in [0.1, 0.15) is 11.1 Å². The lowest BCUT2D eigenvalue weighted by Crippen LogP contribution is -2.46. The van der Waals surface area contributed by atoms with Gasteiger partial charge in [0, 0.05) is 38.8 Å². The molecule has 0 bridgehead atoms. The second-order valence-electron chi connectivity index (χ2n) is 6.95. The highest BCUT2D eigenvalue weighted by Crippen LogP contribution is 2.18. The van der Waals surface area contributed by atoms with Crippen LogP contribution in [0.2, 0.25) is 0 Å². The predicted octanol–water partition coefficient (Wildman–Crippen LogP) is 2.09. The van der Waals surface area contributed by atoms with E-state index >= 15 is 0 Å². The van der Waals surface area contributed by atoms with Crippen LogP contribution < -0.4 is 5.32 Å². The molecule has 6 nitrogen and oxygen atoms in total. The van der Waals surface area contributed by atoms with Crippen LogP contribution in [0.25, 0.3) is 6.08 Å².